The summed E-state index contributed by atoms with van der Waals surface area (Å²) in [4.78, 5) is 0.193. The minimum Gasteiger partial charge on any atom is -0.210 e. The van der Waals surface area contributed by atoms with Crippen LogP contribution < -0.4 is 4.72 Å². The average Bonchev–Trinajstić information content (AvgIpc) is 3.19. The summed E-state index contributed by atoms with van der Waals surface area (Å²) in [6.07, 6.45) is 0.658. The first-order chi connectivity index (χ1) is 11.7. The molecule has 0 heterocycles. The smallest absolute Gasteiger partial charge is 0.210 e. The van der Waals surface area contributed by atoms with E-state index in [1.807, 2.05) is 20.8 Å². The van der Waals surface area contributed by atoms with E-state index in [9.17, 15) is 17.2 Å². The fourth-order valence-corrected chi connectivity index (χ4v) is 4.48. The fraction of sp³-hybridized carbons (Fsp3) is 0.368. The molecular weight excluding hydrogens is 344 g/mol. The maximum absolute atomic E-state index is 14.2. The molecule has 2 aromatic carbocycles. The van der Waals surface area contributed by atoms with E-state index in [0.717, 1.165) is 17.2 Å². The zero-order valence-electron chi connectivity index (χ0n) is 14.4. The highest BCUT2D eigenvalue weighted by atomic mass is 32.2. The van der Waals surface area contributed by atoms with Gasteiger partial charge in [-0.15, -0.1) is 0 Å². The van der Waals surface area contributed by atoms with Crippen molar-refractivity contribution in [2.24, 2.45) is 5.92 Å². The number of benzene rings is 2. The molecule has 2 aromatic rings. The Kier molecular flexibility index (Phi) is 4.45. The minimum absolute atomic E-state index is 0.0893. The van der Waals surface area contributed by atoms with E-state index in [1.165, 1.54) is 12.1 Å². The third-order valence-corrected chi connectivity index (χ3v) is 6.69. The fourth-order valence-electron chi connectivity index (χ4n) is 3.29. The van der Waals surface area contributed by atoms with Gasteiger partial charge in [0, 0.05) is 18.0 Å². The summed E-state index contributed by atoms with van der Waals surface area (Å²) in [5, 5.41) is 0. The molecule has 1 N–H and O–H groups in total. The van der Waals surface area contributed by atoms with Gasteiger partial charge in [0.2, 0.25) is 10.0 Å². The predicted octanol–water partition coefficient (Wildman–Crippen LogP) is 3.84. The van der Waals surface area contributed by atoms with E-state index < -0.39 is 27.1 Å². The second kappa shape index (κ2) is 6.18. The van der Waals surface area contributed by atoms with Crippen LogP contribution in [0.4, 0.5) is 8.78 Å². The Morgan fingerprint density at radius 3 is 2.36 bits per heavy atom. The summed E-state index contributed by atoms with van der Waals surface area (Å²) in [5.41, 5.74) is 1.65. The van der Waals surface area contributed by atoms with Crippen molar-refractivity contribution in [3.05, 3.63) is 64.7 Å². The van der Waals surface area contributed by atoms with Crippen LogP contribution in [0.5, 0.6) is 0 Å². The molecule has 0 spiro atoms. The summed E-state index contributed by atoms with van der Waals surface area (Å²) in [5.74, 6) is -1.15. The molecule has 0 aliphatic heterocycles. The lowest BCUT2D eigenvalue weighted by atomic mass is 9.93. The largest absolute Gasteiger partial charge is 0.240 e. The number of sulfonamides is 1. The highest BCUT2D eigenvalue weighted by Gasteiger charge is 2.53. The topological polar surface area (TPSA) is 46.2 Å². The molecule has 0 radical (unpaired) electrons. The van der Waals surface area contributed by atoms with Crippen molar-refractivity contribution in [1.29, 1.82) is 0 Å². The molecule has 6 heteroatoms. The number of nitrogens with one attached hydrogen (secondary N) is 1. The van der Waals surface area contributed by atoms with Crippen molar-refractivity contribution in [2.75, 3.05) is 6.54 Å². The number of halogens is 2. The Bertz CT molecular complexity index is 927. The van der Waals surface area contributed by atoms with Crippen molar-refractivity contribution in [3.8, 4) is 0 Å². The van der Waals surface area contributed by atoms with Gasteiger partial charge in [-0.25, -0.2) is 21.9 Å². The molecule has 0 saturated heterocycles. The van der Waals surface area contributed by atoms with E-state index >= 15 is 0 Å². The third kappa shape index (κ3) is 3.33. The van der Waals surface area contributed by atoms with Crippen molar-refractivity contribution >= 4 is 10.0 Å². The van der Waals surface area contributed by atoms with Crippen LogP contribution in [0.1, 0.15) is 30.0 Å². The van der Waals surface area contributed by atoms with E-state index in [2.05, 4.69) is 4.72 Å². The Hall–Kier alpha value is -1.79. The maximum atomic E-state index is 14.2. The van der Waals surface area contributed by atoms with Crippen LogP contribution >= 0.6 is 0 Å². The lowest BCUT2D eigenvalue weighted by Crippen LogP contribution is -2.34. The second-order valence-electron chi connectivity index (χ2n) is 6.96. The highest BCUT2D eigenvalue weighted by molar-refractivity contribution is 7.89. The molecule has 0 amide bonds. The molecule has 3 nitrogen and oxygen atoms in total. The van der Waals surface area contributed by atoms with Crippen LogP contribution in [0.2, 0.25) is 0 Å². The highest BCUT2D eigenvalue weighted by Crippen LogP contribution is 2.54. The number of hydrogen-bond acceptors (Lipinski definition) is 2. The first-order valence-electron chi connectivity index (χ1n) is 8.18. The van der Waals surface area contributed by atoms with Crippen LogP contribution in [-0.2, 0) is 15.4 Å². The Balaban J connectivity index is 1.84. The zero-order valence-corrected chi connectivity index (χ0v) is 15.3. The lowest BCUT2D eigenvalue weighted by Gasteiger charge is -2.19. The number of rotatable bonds is 5. The van der Waals surface area contributed by atoms with Gasteiger partial charge < -0.3 is 0 Å². The molecule has 0 bridgehead atoms. The summed E-state index contributed by atoms with van der Waals surface area (Å²) in [6.45, 7) is 5.79. The number of hydrogen-bond donors (Lipinski definition) is 1. The van der Waals surface area contributed by atoms with Gasteiger partial charge in [-0.05, 0) is 61.1 Å². The van der Waals surface area contributed by atoms with Gasteiger partial charge in [-0.1, -0.05) is 19.1 Å². The predicted molar refractivity (Wildman–Crippen MR) is 92.9 cm³/mol. The Labute approximate surface area is 147 Å². The van der Waals surface area contributed by atoms with Gasteiger partial charge in [0.25, 0.3) is 0 Å². The molecule has 1 fully saturated rings. The first kappa shape index (κ1) is 18.0. The van der Waals surface area contributed by atoms with Gasteiger partial charge in [0.1, 0.15) is 11.6 Å². The normalized spacial score (nSPS) is 22.8. The first-order valence-corrected chi connectivity index (χ1v) is 9.66. The molecule has 1 aliphatic carbocycles. The van der Waals surface area contributed by atoms with Crippen LogP contribution in [0.3, 0.4) is 0 Å². The summed E-state index contributed by atoms with van der Waals surface area (Å²) in [7, 11) is -3.69. The van der Waals surface area contributed by atoms with Gasteiger partial charge in [-0.2, -0.15) is 0 Å². The van der Waals surface area contributed by atoms with Crippen LogP contribution in [0.15, 0.2) is 41.3 Å². The molecule has 1 saturated carbocycles. The average molecular weight is 365 g/mol. The summed E-state index contributed by atoms with van der Waals surface area (Å²) >= 11 is 0. The standard InChI is InChI=1S/C19H21F2NO2S/c1-12-4-6-16(8-13(12)2)25(23,24)22-11-19(10-14(19)3)17-7-5-15(20)9-18(17)21/h4-9,14,22H,10-11H2,1-3H3. The molecule has 3 rings (SSSR count). The van der Waals surface area contributed by atoms with Crippen molar-refractivity contribution in [1.82, 2.24) is 4.72 Å². The Morgan fingerprint density at radius 2 is 1.80 bits per heavy atom. The van der Waals surface area contributed by atoms with E-state index in [4.69, 9.17) is 0 Å². The quantitative estimate of drug-likeness (QED) is 0.875. The van der Waals surface area contributed by atoms with Gasteiger partial charge in [0.15, 0.2) is 0 Å². The summed E-state index contributed by atoms with van der Waals surface area (Å²) in [6, 6.07) is 8.42. The second-order valence-corrected chi connectivity index (χ2v) is 8.72. The van der Waals surface area contributed by atoms with Crippen LogP contribution in [-0.4, -0.2) is 15.0 Å². The number of aryl methyl sites for hydroxylation is 2. The molecule has 25 heavy (non-hydrogen) atoms. The van der Waals surface area contributed by atoms with Crippen molar-refractivity contribution < 1.29 is 17.2 Å². The molecule has 1 aliphatic rings. The monoisotopic (exact) mass is 365 g/mol. The molecule has 134 valence electrons. The molecule has 2 unspecified atom stereocenters. The van der Waals surface area contributed by atoms with Gasteiger partial charge >= 0.3 is 0 Å². The van der Waals surface area contributed by atoms with Crippen LogP contribution in [0.25, 0.3) is 0 Å². The van der Waals surface area contributed by atoms with Crippen molar-refractivity contribution in [3.63, 3.8) is 0 Å². The molecule has 2 atom stereocenters. The van der Waals surface area contributed by atoms with Crippen LogP contribution in [0, 0.1) is 31.4 Å². The van der Waals surface area contributed by atoms with E-state index in [0.29, 0.717) is 12.0 Å². The van der Waals surface area contributed by atoms with E-state index in [1.54, 1.807) is 18.2 Å². The lowest BCUT2D eigenvalue weighted by molar-refractivity contribution is 0.518. The third-order valence-electron chi connectivity index (χ3n) is 5.29. The Morgan fingerprint density at radius 1 is 1.12 bits per heavy atom. The zero-order chi connectivity index (χ0) is 18.4. The van der Waals surface area contributed by atoms with Gasteiger partial charge in [0.05, 0.1) is 4.90 Å². The minimum atomic E-state index is -3.69. The molecule has 0 aromatic heterocycles. The maximum Gasteiger partial charge on any atom is 0.240 e. The molecular formula is C19H21F2NO2S. The summed E-state index contributed by atoms with van der Waals surface area (Å²) < 4.78 is 55.1. The van der Waals surface area contributed by atoms with Crippen molar-refractivity contribution in [2.45, 2.75) is 37.5 Å². The van der Waals surface area contributed by atoms with Gasteiger partial charge in [-0.3, -0.25) is 0 Å². The van der Waals surface area contributed by atoms with E-state index in [-0.39, 0.29) is 17.4 Å². The SMILES string of the molecule is Cc1ccc(S(=O)(=O)NCC2(c3ccc(F)cc3F)CC2C)cc1C.